The third-order valence-corrected chi connectivity index (χ3v) is 4.65. The van der Waals surface area contributed by atoms with E-state index in [-0.39, 0.29) is 11.9 Å². The van der Waals surface area contributed by atoms with Crippen LogP contribution in [0.25, 0.3) is 11.1 Å². The summed E-state index contributed by atoms with van der Waals surface area (Å²) in [4.78, 5) is 21.0. The number of carbonyl (C=O) groups is 1. The predicted octanol–water partition coefficient (Wildman–Crippen LogP) is 5.51. The lowest BCUT2D eigenvalue weighted by molar-refractivity contribution is 0.102. The van der Waals surface area contributed by atoms with Gasteiger partial charge in [0, 0.05) is 29.2 Å². The first kappa shape index (κ1) is 20.1. The third-order valence-electron chi connectivity index (χ3n) is 4.65. The highest BCUT2D eigenvalue weighted by Gasteiger charge is 2.08. The van der Waals surface area contributed by atoms with E-state index in [1.54, 1.807) is 55.9 Å². The maximum atomic E-state index is 12.5. The van der Waals surface area contributed by atoms with Crippen LogP contribution in [0.15, 0.2) is 85.2 Å². The Morgan fingerprint density at radius 2 is 1.52 bits per heavy atom. The van der Waals surface area contributed by atoms with E-state index in [2.05, 4.69) is 15.3 Å². The average molecular weight is 411 g/mol. The molecule has 0 aliphatic heterocycles. The van der Waals surface area contributed by atoms with Crippen LogP contribution in [0.2, 0.25) is 0 Å². The first-order valence-corrected chi connectivity index (χ1v) is 9.73. The molecule has 0 spiro atoms. The normalized spacial score (nSPS) is 10.4. The van der Waals surface area contributed by atoms with Gasteiger partial charge < -0.3 is 14.8 Å². The summed E-state index contributed by atoms with van der Waals surface area (Å²) in [5, 5.41) is 2.91. The molecule has 31 heavy (non-hydrogen) atoms. The van der Waals surface area contributed by atoms with Crippen molar-refractivity contribution < 1.29 is 14.3 Å². The second kappa shape index (κ2) is 9.09. The summed E-state index contributed by atoms with van der Waals surface area (Å²) >= 11 is 0. The van der Waals surface area contributed by atoms with Gasteiger partial charge in [-0.2, -0.15) is 0 Å². The molecular weight excluding hydrogens is 390 g/mol. The Balaban J connectivity index is 1.41. The van der Waals surface area contributed by atoms with Crippen molar-refractivity contribution in [2.45, 2.75) is 6.92 Å². The number of nitrogens with zero attached hydrogens (tertiary/aromatic N) is 2. The summed E-state index contributed by atoms with van der Waals surface area (Å²) in [6.45, 7) is 1.99. The summed E-state index contributed by atoms with van der Waals surface area (Å²) in [5.41, 5.74) is 4.17. The molecule has 0 radical (unpaired) electrons. The predicted molar refractivity (Wildman–Crippen MR) is 120 cm³/mol. The number of ether oxygens (including phenoxy) is 2. The van der Waals surface area contributed by atoms with Crippen molar-refractivity contribution in [1.82, 2.24) is 9.97 Å². The minimum Gasteiger partial charge on any atom is -0.497 e. The van der Waals surface area contributed by atoms with Crippen molar-refractivity contribution in [3.8, 4) is 28.6 Å². The Hall–Kier alpha value is -4.19. The molecule has 6 heteroatoms. The van der Waals surface area contributed by atoms with Gasteiger partial charge in [-0.05, 0) is 66.6 Å². The molecule has 1 heterocycles. The number of anilines is 1. The molecule has 1 aromatic heterocycles. The second-order valence-corrected chi connectivity index (χ2v) is 6.93. The van der Waals surface area contributed by atoms with Gasteiger partial charge in [0.05, 0.1) is 7.11 Å². The van der Waals surface area contributed by atoms with E-state index in [0.717, 1.165) is 28.1 Å². The lowest BCUT2D eigenvalue weighted by Gasteiger charge is -2.08. The van der Waals surface area contributed by atoms with Gasteiger partial charge in [0.2, 0.25) is 0 Å². The van der Waals surface area contributed by atoms with Gasteiger partial charge in [-0.1, -0.05) is 24.3 Å². The molecular formula is C25H21N3O3. The van der Waals surface area contributed by atoms with Gasteiger partial charge in [0.15, 0.2) is 0 Å². The molecule has 6 nitrogen and oxygen atoms in total. The van der Waals surface area contributed by atoms with Crippen LogP contribution in [0.3, 0.4) is 0 Å². The molecule has 0 saturated heterocycles. The number of methoxy groups -OCH3 is 1. The maximum Gasteiger partial charge on any atom is 0.321 e. The van der Waals surface area contributed by atoms with E-state index >= 15 is 0 Å². The van der Waals surface area contributed by atoms with Crippen LogP contribution in [-0.4, -0.2) is 23.0 Å². The van der Waals surface area contributed by atoms with E-state index in [1.165, 1.54) is 0 Å². The Labute approximate surface area is 180 Å². The molecule has 1 N–H and O–H groups in total. The number of hydrogen-bond donors (Lipinski definition) is 1. The number of amides is 1. The average Bonchev–Trinajstić information content (AvgIpc) is 2.80. The molecule has 4 rings (SSSR count). The molecule has 154 valence electrons. The van der Waals surface area contributed by atoms with Crippen LogP contribution in [0.4, 0.5) is 5.69 Å². The minimum absolute atomic E-state index is 0.156. The van der Waals surface area contributed by atoms with Crippen molar-refractivity contribution in [2.75, 3.05) is 12.4 Å². The van der Waals surface area contributed by atoms with Crippen molar-refractivity contribution in [1.29, 1.82) is 0 Å². The van der Waals surface area contributed by atoms with Gasteiger partial charge in [-0.25, -0.2) is 9.97 Å². The van der Waals surface area contributed by atoms with Crippen molar-refractivity contribution >= 4 is 11.6 Å². The zero-order valence-electron chi connectivity index (χ0n) is 17.2. The summed E-state index contributed by atoms with van der Waals surface area (Å²) in [6.07, 6.45) is 3.38. The molecule has 1 amide bonds. The van der Waals surface area contributed by atoms with Crippen LogP contribution in [0, 0.1) is 6.92 Å². The minimum atomic E-state index is -0.156. The number of aromatic nitrogens is 2. The summed E-state index contributed by atoms with van der Waals surface area (Å²) < 4.78 is 10.8. The number of carbonyl (C=O) groups excluding carboxylic acids is 1. The van der Waals surface area contributed by atoms with Gasteiger partial charge in [-0.3, -0.25) is 4.79 Å². The zero-order chi connectivity index (χ0) is 21.6. The standard InChI is InChI=1S/C25H21N3O3/c1-17-4-3-5-21(14-17)28-24(29)19-8-6-18(7-9-19)20-15-26-25(27-16-20)31-23-12-10-22(30-2)11-13-23/h3-16H,1-2H3,(H,28,29). The highest BCUT2D eigenvalue weighted by atomic mass is 16.5. The maximum absolute atomic E-state index is 12.5. The highest BCUT2D eigenvalue weighted by molar-refractivity contribution is 6.04. The molecule has 0 bridgehead atoms. The number of hydrogen-bond acceptors (Lipinski definition) is 5. The molecule has 0 aliphatic rings. The van der Waals surface area contributed by atoms with Gasteiger partial charge in [0.1, 0.15) is 11.5 Å². The molecule has 0 atom stereocenters. The van der Waals surface area contributed by atoms with Gasteiger partial charge in [0.25, 0.3) is 5.91 Å². The molecule has 0 saturated carbocycles. The Bertz CT molecular complexity index is 1170. The van der Waals surface area contributed by atoms with Crippen LogP contribution in [-0.2, 0) is 0 Å². The first-order valence-electron chi connectivity index (χ1n) is 9.73. The summed E-state index contributed by atoms with van der Waals surface area (Å²) in [7, 11) is 1.61. The number of aryl methyl sites for hydroxylation is 1. The van der Waals surface area contributed by atoms with Gasteiger partial charge >= 0.3 is 6.01 Å². The molecule has 0 unspecified atom stereocenters. The molecule has 3 aromatic carbocycles. The second-order valence-electron chi connectivity index (χ2n) is 6.93. The Morgan fingerprint density at radius 3 is 2.16 bits per heavy atom. The highest BCUT2D eigenvalue weighted by Crippen LogP contribution is 2.23. The monoisotopic (exact) mass is 411 g/mol. The molecule has 0 aliphatic carbocycles. The number of rotatable bonds is 6. The molecule has 0 fully saturated rings. The number of nitrogens with one attached hydrogen (secondary N) is 1. The van der Waals surface area contributed by atoms with Crippen molar-refractivity contribution in [3.05, 3.63) is 96.3 Å². The molecule has 4 aromatic rings. The van der Waals surface area contributed by atoms with Crippen LogP contribution < -0.4 is 14.8 Å². The van der Waals surface area contributed by atoms with E-state index in [4.69, 9.17) is 9.47 Å². The quantitative estimate of drug-likeness (QED) is 0.453. The fraction of sp³-hybridized carbons (Fsp3) is 0.0800. The van der Waals surface area contributed by atoms with Crippen LogP contribution in [0.5, 0.6) is 17.5 Å². The smallest absolute Gasteiger partial charge is 0.321 e. The lowest BCUT2D eigenvalue weighted by atomic mass is 10.1. The Morgan fingerprint density at radius 1 is 0.839 bits per heavy atom. The summed E-state index contributed by atoms with van der Waals surface area (Å²) in [5.74, 6) is 1.22. The fourth-order valence-corrected chi connectivity index (χ4v) is 3.01. The van der Waals surface area contributed by atoms with Crippen LogP contribution >= 0.6 is 0 Å². The van der Waals surface area contributed by atoms with E-state index in [9.17, 15) is 4.79 Å². The van der Waals surface area contributed by atoms with Crippen LogP contribution in [0.1, 0.15) is 15.9 Å². The summed E-state index contributed by atoms with van der Waals surface area (Å²) in [6, 6.07) is 22.4. The van der Waals surface area contributed by atoms with Gasteiger partial charge in [-0.15, -0.1) is 0 Å². The Kier molecular flexibility index (Phi) is 5.89. The zero-order valence-corrected chi connectivity index (χ0v) is 17.2. The SMILES string of the molecule is COc1ccc(Oc2ncc(-c3ccc(C(=O)Nc4cccc(C)c4)cc3)cn2)cc1. The van der Waals surface area contributed by atoms with Crippen molar-refractivity contribution in [3.63, 3.8) is 0 Å². The lowest BCUT2D eigenvalue weighted by Crippen LogP contribution is -2.11. The fourth-order valence-electron chi connectivity index (χ4n) is 3.01. The number of benzene rings is 3. The first-order chi connectivity index (χ1) is 15.1. The topological polar surface area (TPSA) is 73.3 Å². The third kappa shape index (κ3) is 5.05. The largest absolute Gasteiger partial charge is 0.497 e. The van der Waals surface area contributed by atoms with Crippen molar-refractivity contribution in [2.24, 2.45) is 0 Å². The van der Waals surface area contributed by atoms with E-state index in [0.29, 0.717) is 11.3 Å². The van der Waals surface area contributed by atoms with E-state index in [1.807, 2.05) is 43.3 Å². The van der Waals surface area contributed by atoms with E-state index < -0.39 is 0 Å².